The van der Waals surface area contributed by atoms with E-state index in [1.807, 2.05) is 11.8 Å². The Hall–Kier alpha value is -1.14. The zero-order chi connectivity index (χ0) is 17.4. The van der Waals surface area contributed by atoms with E-state index in [0.717, 1.165) is 38.5 Å². The molecule has 4 atom stereocenters. The Kier molecular flexibility index (Phi) is 5.00. The molecule has 2 saturated heterocycles. The molecule has 2 bridgehead atoms. The molecule has 0 aromatic rings. The highest BCUT2D eigenvalue weighted by Crippen LogP contribution is 2.48. The van der Waals surface area contributed by atoms with Crippen molar-refractivity contribution in [1.82, 2.24) is 14.7 Å². The standard InChI is InChI=1S/C19H31N3O3/c1-14(18(23)22-8-10-25-11-9-22)20-4-6-21(7-5-20)19(24)17-13-15-2-3-16(17)12-15/h14-17H,2-13H2,1H3/t14-,15-,16-,17-/m0/s1. The third kappa shape index (κ3) is 3.43. The van der Waals surface area contributed by atoms with Gasteiger partial charge in [0.05, 0.1) is 19.3 Å². The maximum absolute atomic E-state index is 12.9. The van der Waals surface area contributed by atoms with Gasteiger partial charge >= 0.3 is 0 Å². The van der Waals surface area contributed by atoms with E-state index in [4.69, 9.17) is 4.74 Å². The molecule has 0 unspecified atom stereocenters. The minimum Gasteiger partial charge on any atom is -0.378 e. The minimum absolute atomic E-state index is 0.0992. The summed E-state index contributed by atoms with van der Waals surface area (Å²) in [6.07, 6.45) is 4.99. The summed E-state index contributed by atoms with van der Waals surface area (Å²) in [7, 11) is 0. The third-order valence-corrected chi connectivity index (χ3v) is 6.91. The first-order chi connectivity index (χ1) is 12.1. The zero-order valence-electron chi connectivity index (χ0n) is 15.4. The summed E-state index contributed by atoms with van der Waals surface area (Å²) < 4.78 is 5.33. The molecule has 0 radical (unpaired) electrons. The molecular weight excluding hydrogens is 318 g/mol. The fourth-order valence-corrected chi connectivity index (χ4v) is 5.32. The van der Waals surface area contributed by atoms with E-state index in [1.54, 1.807) is 0 Å². The summed E-state index contributed by atoms with van der Waals surface area (Å²) in [6, 6.07) is -0.0992. The molecule has 0 N–H and O–H groups in total. The number of fused-ring (bicyclic) bond motifs is 2. The number of hydrogen-bond acceptors (Lipinski definition) is 4. The van der Waals surface area contributed by atoms with Gasteiger partial charge in [0.2, 0.25) is 11.8 Å². The van der Waals surface area contributed by atoms with Crippen LogP contribution in [0.25, 0.3) is 0 Å². The Morgan fingerprint density at radius 3 is 2.24 bits per heavy atom. The fraction of sp³-hybridized carbons (Fsp3) is 0.895. The number of rotatable bonds is 3. The van der Waals surface area contributed by atoms with E-state index in [1.165, 1.54) is 19.3 Å². The van der Waals surface area contributed by atoms with Gasteiger partial charge in [-0.15, -0.1) is 0 Å². The van der Waals surface area contributed by atoms with Gasteiger partial charge < -0.3 is 14.5 Å². The minimum atomic E-state index is -0.0992. The van der Waals surface area contributed by atoms with Gasteiger partial charge in [-0.2, -0.15) is 0 Å². The Bertz CT molecular complexity index is 512. The molecule has 0 aromatic heterocycles. The van der Waals surface area contributed by atoms with Crippen LogP contribution in [0.4, 0.5) is 0 Å². The molecule has 4 rings (SSSR count). The Morgan fingerprint density at radius 2 is 1.64 bits per heavy atom. The molecule has 25 heavy (non-hydrogen) atoms. The summed E-state index contributed by atoms with van der Waals surface area (Å²) in [5.41, 5.74) is 0. The summed E-state index contributed by atoms with van der Waals surface area (Å²) in [5.74, 6) is 2.34. The first-order valence-electron chi connectivity index (χ1n) is 10.0. The van der Waals surface area contributed by atoms with Gasteiger partial charge in [0.15, 0.2) is 0 Å². The van der Waals surface area contributed by atoms with Gasteiger partial charge in [0, 0.05) is 45.2 Å². The number of carbonyl (C=O) groups is 2. The van der Waals surface area contributed by atoms with E-state index in [9.17, 15) is 9.59 Å². The van der Waals surface area contributed by atoms with Crippen LogP contribution in [0.3, 0.4) is 0 Å². The van der Waals surface area contributed by atoms with Crippen LogP contribution in [0.1, 0.15) is 32.6 Å². The zero-order valence-corrected chi connectivity index (χ0v) is 15.4. The molecule has 4 fully saturated rings. The van der Waals surface area contributed by atoms with Gasteiger partial charge in [-0.1, -0.05) is 6.42 Å². The maximum atomic E-state index is 12.9. The molecule has 0 spiro atoms. The number of morpholine rings is 1. The van der Waals surface area contributed by atoms with Crippen LogP contribution in [-0.2, 0) is 14.3 Å². The quantitative estimate of drug-likeness (QED) is 0.757. The number of ether oxygens (including phenoxy) is 1. The van der Waals surface area contributed by atoms with Crippen LogP contribution in [0, 0.1) is 17.8 Å². The average Bonchev–Trinajstić information content (AvgIpc) is 3.30. The van der Waals surface area contributed by atoms with Crippen molar-refractivity contribution in [3.8, 4) is 0 Å². The maximum Gasteiger partial charge on any atom is 0.239 e. The van der Waals surface area contributed by atoms with Crippen molar-refractivity contribution in [2.45, 2.75) is 38.6 Å². The molecule has 2 heterocycles. The van der Waals surface area contributed by atoms with E-state index in [-0.39, 0.29) is 17.9 Å². The third-order valence-electron chi connectivity index (χ3n) is 6.91. The second kappa shape index (κ2) is 7.23. The van der Waals surface area contributed by atoms with Gasteiger partial charge in [0.25, 0.3) is 0 Å². The van der Waals surface area contributed by atoms with Crippen LogP contribution in [0.15, 0.2) is 0 Å². The largest absolute Gasteiger partial charge is 0.378 e. The highest BCUT2D eigenvalue weighted by Gasteiger charge is 2.44. The molecule has 2 aliphatic heterocycles. The molecule has 6 nitrogen and oxygen atoms in total. The van der Waals surface area contributed by atoms with Crippen molar-refractivity contribution in [1.29, 1.82) is 0 Å². The summed E-state index contributed by atoms with van der Waals surface area (Å²) in [5, 5.41) is 0. The van der Waals surface area contributed by atoms with Crippen LogP contribution < -0.4 is 0 Å². The second-order valence-electron chi connectivity index (χ2n) is 8.26. The molecule has 4 aliphatic rings. The number of hydrogen-bond donors (Lipinski definition) is 0. The SMILES string of the molecule is C[C@@H](C(=O)N1CCOCC1)N1CCN(C(=O)[C@H]2C[C@H]3CC[C@H]2C3)CC1. The Labute approximate surface area is 150 Å². The van der Waals surface area contributed by atoms with E-state index in [2.05, 4.69) is 9.80 Å². The van der Waals surface area contributed by atoms with Gasteiger partial charge in [-0.3, -0.25) is 14.5 Å². The number of amides is 2. The summed E-state index contributed by atoms with van der Waals surface area (Å²) in [4.78, 5) is 31.7. The number of nitrogens with zero attached hydrogens (tertiary/aromatic N) is 3. The van der Waals surface area contributed by atoms with E-state index < -0.39 is 0 Å². The highest BCUT2D eigenvalue weighted by molar-refractivity contribution is 5.82. The van der Waals surface area contributed by atoms with Crippen molar-refractivity contribution >= 4 is 11.8 Å². The number of piperazine rings is 1. The predicted molar refractivity (Wildman–Crippen MR) is 94.0 cm³/mol. The van der Waals surface area contributed by atoms with Crippen molar-refractivity contribution < 1.29 is 14.3 Å². The summed E-state index contributed by atoms with van der Waals surface area (Å²) >= 11 is 0. The van der Waals surface area contributed by atoms with Gasteiger partial charge in [-0.05, 0) is 38.0 Å². The predicted octanol–water partition coefficient (Wildman–Crippen LogP) is 0.814. The van der Waals surface area contributed by atoms with E-state index >= 15 is 0 Å². The van der Waals surface area contributed by atoms with Gasteiger partial charge in [0.1, 0.15) is 0 Å². The lowest BCUT2D eigenvalue weighted by molar-refractivity contribution is -0.143. The smallest absolute Gasteiger partial charge is 0.239 e. The summed E-state index contributed by atoms with van der Waals surface area (Å²) in [6.45, 7) is 7.85. The van der Waals surface area contributed by atoms with Crippen LogP contribution in [0.5, 0.6) is 0 Å². The molecular formula is C19H31N3O3. The van der Waals surface area contributed by atoms with Crippen molar-refractivity contribution in [3.63, 3.8) is 0 Å². The Morgan fingerprint density at radius 1 is 0.920 bits per heavy atom. The highest BCUT2D eigenvalue weighted by atomic mass is 16.5. The second-order valence-corrected chi connectivity index (χ2v) is 8.26. The fourth-order valence-electron chi connectivity index (χ4n) is 5.32. The monoisotopic (exact) mass is 349 g/mol. The first kappa shape index (κ1) is 17.3. The molecule has 2 saturated carbocycles. The molecule has 0 aromatic carbocycles. The number of carbonyl (C=O) groups excluding carboxylic acids is 2. The molecule has 2 amide bonds. The lowest BCUT2D eigenvalue weighted by Crippen LogP contribution is -2.57. The van der Waals surface area contributed by atoms with Crippen molar-refractivity contribution in [3.05, 3.63) is 0 Å². The van der Waals surface area contributed by atoms with E-state index in [0.29, 0.717) is 38.1 Å². The topological polar surface area (TPSA) is 53.1 Å². The normalized spacial score (nSPS) is 34.4. The molecule has 140 valence electrons. The van der Waals surface area contributed by atoms with Crippen LogP contribution in [-0.4, -0.2) is 85.0 Å². The lowest BCUT2D eigenvalue weighted by atomic mass is 9.87. The van der Waals surface area contributed by atoms with Crippen LogP contribution >= 0.6 is 0 Å². The molecule has 6 heteroatoms. The lowest BCUT2D eigenvalue weighted by Gasteiger charge is -2.40. The van der Waals surface area contributed by atoms with Crippen LogP contribution in [0.2, 0.25) is 0 Å². The van der Waals surface area contributed by atoms with Gasteiger partial charge in [-0.25, -0.2) is 0 Å². The van der Waals surface area contributed by atoms with Crippen molar-refractivity contribution in [2.75, 3.05) is 52.5 Å². The van der Waals surface area contributed by atoms with Crippen molar-refractivity contribution in [2.24, 2.45) is 17.8 Å². The average molecular weight is 349 g/mol. The first-order valence-corrected chi connectivity index (χ1v) is 10.0. The Balaban J connectivity index is 1.27. The molecule has 2 aliphatic carbocycles.